The molecule has 5 heteroatoms. The van der Waals surface area contributed by atoms with E-state index >= 15 is 0 Å². The summed E-state index contributed by atoms with van der Waals surface area (Å²) < 4.78 is 0. The summed E-state index contributed by atoms with van der Waals surface area (Å²) in [5.41, 5.74) is 8.28. The van der Waals surface area contributed by atoms with Gasteiger partial charge in [-0.25, -0.2) is 5.43 Å². The standard InChI is InChI=1S/C23H32N4O/c28-23(20-17-8-4-5-9-19(17)24-25-20)27-14-18(15-6-2-1-3-7-15)22-21(27)16-10-12-26(22)13-11-16/h1-3,6-7,16-22,24-25H,4-5,8-14H2/t17?,18-,19?,20?,21-,22-/m1/s1. The van der Waals surface area contributed by atoms with E-state index in [4.69, 9.17) is 0 Å². The lowest BCUT2D eigenvalue weighted by atomic mass is 9.75. The van der Waals surface area contributed by atoms with Gasteiger partial charge in [-0.15, -0.1) is 0 Å². The van der Waals surface area contributed by atoms with Crippen LogP contribution in [0.1, 0.15) is 50.0 Å². The van der Waals surface area contributed by atoms with Crippen LogP contribution in [0, 0.1) is 11.8 Å². The van der Waals surface area contributed by atoms with E-state index in [0.717, 1.165) is 6.54 Å². The fraction of sp³-hybridized carbons (Fsp3) is 0.696. The van der Waals surface area contributed by atoms with Gasteiger partial charge in [-0.1, -0.05) is 43.2 Å². The Balaban J connectivity index is 1.31. The van der Waals surface area contributed by atoms with Crippen LogP contribution in [-0.2, 0) is 4.79 Å². The zero-order chi connectivity index (χ0) is 18.7. The molecule has 2 N–H and O–H groups in total. The van der Waals surface area contributed by atoms with Crippen LogP contribution in [0.5, 0.6) is 0 Å². The second-order valence-corrected chi connectivity index (χ2v) is 9.68. The van der Waals surface area contributed by atoms with Gasteiger partial charge in [-0.05, 0) is 50.3 Å². The predicted molar refractivity (Wildman–Crippen MR) is 109 cm³/mol. The summed E-state index contributed by atoms with van der Waals surface area (Å²) in [4.78, 5) is 18.8. The number of nitrogens with one attached hydrogen (secondary N) is 2. The van der Waals surface area contributed by atoms with Gasteiger partial charge in [0.05, 0.1) is 6.04 Å². The van der Waals surface area contributed by atoms with Crippen molar-refractivity contribution in [2.75, 3.05) is 19.6 Å². The van der Waals surface area contributed by atoms with Gasteiger partial charge in [-0.3, -0.25) is 15.1 Å². The molecule has 150 valence electrons. The Morgan fingerprint density at radius 1 is 0.929 bits per heavy atom. The van der Waals surface area contributed by atoms with Crippen molar-refractivity contribution >= 4 is 5.91 Å². The SMILES string of the molecule is O=C(C1NNC2CCCCC21)N1C[C@H](c2ccccc2)[C@@H]2[C@H]1C1CCN2CC1. The number of hydrogen-bond acceptors (Lipinski definition) is 4. The summed E-state index contributed by atoms with van der Waals surface area (Å²) in [6.45, 7) is 3.32. The average molecular weight is 381 g/mol. The Hall–Kier alpha value is -1.43. The molecule has 2 bridgehead atoms. The summed E-state index contributed by atoms with van der Waals surface area (Å²) in [6, 6.07) is 12.3. The number of likely N-dealkylation sites (tertiary alicyclic amines) is 1. The van der Waals surface area contributed by atoms with Crippen LogP contribution in [0.3, 0.4) is 0 Å². The monoisotopic (exact) mass is 380 g/mol. The molecule has 1 aromatic carbocycles. The van der Waals surface area contributed by atoms with Crippen molar-refractivity contribution in [1.29, 1.82) is 0 Å². The molecule has 0 aromatic heterocycles. The van der Waals surface area contributed by atoms with E-state index in [1.165, 1.54) is 57.2 Å². The van der Waals surface area contributed by atoms with Gasteiger partial charge in [0.15, 0.2) is 0 Å². The zero-order valence-corrected chi connectivity index (χ0v) is 16.6. The third-order valence-corrected chi connectivity index (χ3v) is 8.44. The number of fused-ring (bicyclic) bond motifs is 3. The Morgan fingerprint density at radius 2 is 1.71 bits per heavy atom. The molecule has 5 aliphatic heterocycles. The molecular formula is C23H32N4O. The number of amides is 1. The Morgan fingerprint density at radius 3 is 2.54 bits per heavy atom. The minimum atomic E-state index is -0.0315. The molecule has 0 radical (unpaired) electrons. The van der Waals surface area contributed by atoms with Crippen LogP contribution in [-0.4, -0.2) is 59.5 Å². The van der Waals surface area contributed by atoms with Gasteiger partial charge in [0.1, 0.15) is 6.04 Å². The highest BCUT2D eigenvalue weighted by molar-refractivity contribution is 5.83. The third-order valence-electron chi connectivity index (χ3n) is 8.44. The molecule has 5 saturated heterocycles. The first-order valence-corrected chi connectivity index (χ1v) is 11.4. The van der Waals surface area contributed by atoms with Crippen LogP contribution in [0.25, 0.3) is 0 Å². The number of carbonyl (C=O) groups excluding carboxylic acids is 1. The lowest BCUT2D eigenvalue weighted by Gasteiger charge is -2.51. The molecule has 3 unspecified atom stereocenters. The van der Waals surface area contributed by atoms with Crippen molar-refractivity contribution in [2.45, 2.75) is 68.6 Å². The van der Waals surface area contributed by atoms with Crippen molar-refractivity contribution in [3.8, 4) is 0 Å². The molecular weight excluding hydrogens is 348 g/mol. The molecule has 1 aliphatic carbocycles. The van der Waals surface area contributed by atoms with Crippen molar-refractivity contribution in [2.24, 2.45) is 11.8 Å². The number of carbonyl (C=O) groups is 1. The number of piperidine rings is 3. The average Bonchev–Trinajstić information content (AvgIpc) is 3.38. The van der Waals surface area contributed by atoms with Gasteiger partial charge in [0, 0.05) is 30.5 Å². The van der Waals surface area contributed by atoms with Gasteiger partial charge in [0.2, 0.25) is 5.91 Å². The summed E-state index contributed by atoms with van der Waals surface area (Å²) >= 11 is 0. The van der Waals surface area contributed by atoms with E-state index in [1.54, 1.807) is 0 Å². The Bertz CT molecular complexity index is 731. The number of rotatable bonds is 2. The summed E-state index contributed by atoms with van der Waals surface area (Å²) in [5.74, 6) is 1.97. The molecule has 6 aliphatic rings. The molecule has 0 spiro atoms. The van der Waals surface area contributed by atoms with E-state index in [2.05, 4.69) is 51.0 Å². The maximum Gasteiger partial charge on any atom is 0.241 e. The molecule has 5 nitrogen and oxygen atoms in total. The number of nitrogens with zero attached hydrogens (tertiary/aromatic N) is 2. The second-order valence-electron chi connectivity index (χ2n) is 9.68. The molecule has 5 heterocycles. The van der Waals surface area contributed by atoms with Crippen LogP contribution in [0.2, 0.25) is 0 Å². The van der Waals surface area contributed by atoms with E-state index in [1.807, 2.05) is 0 Å². The normalized spacial score (nSPS) is 44.4. The molecule has 6 atom stereocenters. The van der Waals surface area contributed by atoms with Crippen molar-refractivity contribution < 1.29 is 4.79 Å². The molecule has 1 aromatic rings. The highest BCUT2D eigenvalue weighted by atomic mass is 16.2. The Labute approximate surface area is 167 Å². The molecule has 1 saturated carbocycles. The number of benzene rings is 1. The van der Waals surface area contributed by atoms with Crippen LogP contribution in [0.4, 0.5) is 0 Å². The first kappa shape index (κ1) is 17.4. The summed E-state index contributed by atoms with van der Waals surface area (Å²) in [6.07, 6.45) is 7.46. The van der Waals surface area contributed by atoms with Gasteiger partial charge in [-0.2, -0.15) is 0 Å². The van der Waals surface area contributed by atoms with E-state index in [9.17, 15) is 4.79 Å². The van der Waals surface area contributed by atoms with Crippen molar-refractivity contribution in [3.63, 3.8) is 0 Å². The molecule has 7 rings (SSSR count). The van der Waals surface area contributed by atoms with Crippen LogP contribution < -0.4 is 10.9 Å². The highest BCUT2D eigenvalue weighted by Crippen LogP contribution is 2.47. The summed E-state index contributed by atoms with van der Waals surface area (Å²) in [5, 5.41) is 0. The molecule has 28 heavy (non-hydrogen) atoms. The largest absolute Gasteiger partial charge is 0.336 e. The fourth-order valence-electron chi connectivity index (χ4n) is 7.13. The maximum atomic E-state index is 13.8. The number of hydrogen-bond donors (Lipinski definition) is 2. The highest BCUT2D eigenvalue weighted by Gasteiger charge is 2.56. The minimum absolute atomic E-state index is 0.0315. The van der Waals surface area contributed by atoms with Crippen molar-refractivity contribution in [1.82, 2.24) is 20.7 Å². The van der Waals surface area contributed by atoms with Crippen molar-refractivity contribution in [3.05, 3.63) is 35.9 Å². The van der Waals surface area contributed by atoms with E-state index in [0.29, 0.717) is 41.8 Å². The predicted octanol–water partition coefficient (Wildman–Crippen LogP) is 2.11. The van der Waals surface area contributed by atoms with E-state index in [-0.39, 0.29) is 6.04 Å². The van der Waals surface area contributed by atoms with Gasteiger partial charge in [0.25, 0.3) is 0 Å². The maximum absolute atomic E-state index is 13.8. The minimum Gasteiger partial charge on any atom is -0.336 e. The zero-order valence-electron chi connectivity index (χ0n) is 16.6. The first-order chi connectivity index (χ1) is 13.8. The topological polar surface area (TPSA) is 47.6 Å². The third kappa shape index (κ3) is 2.59. The lowest BCUT2D eigenvalue weighted by molar-refractivity contribution is -0.139. The first-order valence-electron chi connectivity index (χ1n) is 11.4. The summed E-state index contributed by atoms with van der Waals surface area (Å²) in [7, 11) is 0. The smallest absolute Gasteiger partial charge is 0.241 e. The molecule has 1 amide bonds. The van der Waals surface area contributed by atoms with Crippen LogP contribution in [0.15, 0.2) is 30.3 Å². The quantitative estimate of drug-likeness (QED) is 0.825. The van der Waals surface area contributed by atoms with Crippen LogP contribution >= 0.6 is 0 Å². The fourth-order valence-corrected chi connectivity index (χ4v) is 7.13. The molecule has 6 fully saturated rings. The second kappa shape index (κ2) is 6.82. The Kier molecular flexibility index (Phi) is 4.25. The number of hydrazine groups is 1. The lowest BCUT2D eigenvalue weighted by Crippen LogP contribution is -2.62. The van der Waals surface area contributed by atoms with E-state index < -0.39 is 0 Å². The van der Waals surface area contributed by atoms with Gasteiger partial charge < -0.3 is 4.90 Å². The van der Waals surface area contributed by atoms with Gasteiger partial charge >= 0.3 is 0 Å².